The van der Waals surface area contributed by atoms with Gasteiger partial charge in [-0.3, -0.25) is 13.9 Å². The number of rotatable bonds is 13. The second-order valence-corrected chi connectivity index (χ2v) is 13.1. The summed E-state index contributed by atoms with van der Waals surface area (Å²) in [5, 5.41) is 0. The van der Waals surface area contributed by atoms with Crippen molar-refractivity contribution in [2.45, 2.75) is 69.9 Å². The molecule has 0 bridgehead atoms. The van der Waals surface area contributed by atoms with Crippen LogP contribution in [0.15, 0.2) is 41.3 Å². The van der Waals surface area contributed by atoms with Gasteiger partial charge in [-0.15, -0.1) is 11.8 Å². The molecule has 0 aromatic heterocycles. The topological polar surface area (TPSA) is 79.2 Å². The Morgan fingerprint density at radius 2 is 1.76 bits per heavy atom. The maximum Gasteiger partial charge on any atom is 0.315 e. The number of unbranched alkanes of at least 4 members (excludes halogenated alkanes) is 2. The molecule has 0 radical (unpaired) electrons. The summed E-state index contributed by atoms with van der Waals surface area (Å²) in [5.41, 5.74) is 1.94. The third kappa shape index (κ3) is 7.58. The summed E-state index contributed by atoms with van der Waals surface area (Å²) >= 11 is 1.40. The Bertz CT molecular complexity index is 1060. The molecular weight excluding hydrogens is 525 g/mol. The SMILES string of the molecule is CCCCC1(CCCC)CN(c2ccc(F)cc2)c2cc(OC)c(CSCC(=O)OCC)cc2S(O)(O)C1. The van der Waals surface area contributed by atoms with E-state index in [2.05, 4.69) is 18.7 Å². The number of ether oxygens (including phenoxy) is 2. The molecule has 0 spiro atoms. The maximum absolute atomic E-state index is 13.9. The molecule has 0 aliphatic carbocycles. The zero-order valence-electron chi connectivity index (χ0n) is 23.0. The van der Waals surface area contributed by atoms with Gasteiger partial charge in [0.2, 0.25) is 0 Å². The number of methoxy groups -OCH3 is 1. The Morgan fingerprint density at radius 1 is 1.11 bits per heavy atom. The highest BCUT2D eigenvalue weighted by molar-refractivity contribution is 8.24. The van der Waals surface area contributed by atoms with Crippen LogP contribution in [-0.2, 0) is 15.3 Å². The monoisotopic (exact) mass is 567 g/mol. The van der Waals surface area contributed by atoms with E-state index in [0.29, 0.717) is 35.2 Å². The van der Waals surface area contributed by atoms with E-state index in [1.54, 1.807) is 26.2 Å². The highest BCUT2D eigenvalue weighted by Crippen LogP contribution is 2.62. The quantitative estimate of drug-likeness (QED) is 0.236. The highest BCUT2D eigenvalue weighted by atomic mass is 32.3. The second kappa shape index (κ2) is 13.9. The van der Waals surface area contributed by atoms with Gasteiger partial charge in [0.15, 0.2) is 0 Å². The van der Waals surface area contributed by atoms with Gasteiger partial charge in [0, 0.05) is 40.8 Å². The van der Waals surface area contributed by atoms with Crippen molar-refractivity contribution >= 4 is 39.7 Å². The summed E-state index contributed by atoms with van der Waals surface area (Å²) in [6, 6.07) is 10.1. The number of carbonyl (C=O) groups is 1. The van der Waals surface area contributed by atoms with E-state index < -0.39 is 10.6 Å². The molecule has 38 heavy (non-hydrogen) atoms. The van der Waals surface area contributed by atoms with Gasteiger partial charge < -0.3 is 14.4 Å². The summed E-state index contributed by atoms with van der Waals surface area (Å²) in [4.78, 5) is 14.4. The zero-order chi connectivity index (χ0) is 27.8. The molecule has 2 aromatic carbocycles. The van der Waals surface area contributed by atoms with Crippen molar-refractivity contribution in [1.82, 2.24) is 0 Å². The Hall–Kier alpha value is -1.94. The number of anilines is 2. The predicted octanol–water partition coefficient (Wildman–Crippen LogP) is 8.26. The normalized spacial score (nSPS) is 16.9. The molecule has 0 saturated carbocycles. The number of halogens is 1. The van der Waals surface area contributed by atoms with Crippen LogP contribution in [0.1, 0.15) is 64.9 Å². The van der Waals surface area contributed by atoms with Crippen LogP contribution in [0.25, 0.3) is 0 Å². The Labute approximate surface area is 232 Å². The Balaban J connectivity index is 2.12. The van der Waals surface area contributed by atoms with Gasteiger partial charge in [0.25, 0.3) is 0 Å². The van der Waals surface area contributed by atoms with Gasteiger partial charge >= 0.3 is 5.97 Å². The van der Waals surface area contributed by atoms with Gasteiger partial charge in [0.05, 0.1) is 30.1 Å². The number of nitrogens with zero attached hydrogens (tertiary/aromatic N) is 1. The lowest BCUT2D eigenvalue weighted by Gasteiger charge is -2.42. The molecule has 212 valence electrons. The van der Waals surface area contributed by atoms with Crippen molar-refractivity contribution in [3.8, 4) is 5.75 Å². The molecular formula is C29H42FNO5S2. The van der Waals surface area contributed by atoms with E-state index in [0.717, 1.165) is 49.8 Å². The van der Waals surface area contributed by atoms with Crippen LogP contribution in [0.4, 0.5) is 15.8 Å². The van der Waals surface area contributed by atoms with E-state index >= 15 is 0 Å². The Kier molecular flexibility index (Phi) is 11.2. The van der Waals surface area contributed by atoms with Crippen LogP contribution in [0.3, 0.4) is 0 Å². The lowest BCUT2D eigenvalue weighted by Crippen LogP contribution is -2.37. The highest BCUT2D eigenvalue weighted by Gasteiger charge is 2.42. The largest absolute Gasteiger partial charge is 0.496 e. The number of carbonyl (C=O) groups excluding carboxylic acids is 1. The van der Waals surface area contributed by atoms with Crippen molar-refractivity contribution < 1.29 is 27.8 Å². The first-order chi connectivity index (χ1) is 18.2. The van der Waals surface area contributed by atoms with Crippen LogP contribution in [0.5, 0.6) is 5.75 Å². The molecule has 0 saturated heterocycles. The van der Waals surface area contributed by atoms with E-state index in [9.17, 15) is 18.3 Å². The summed E-state index contributed by atoms with van der Waals surface area (Å²) < 4.78 is 48.2. The molecule has 1 aliphatic heterocycles. The van der Waals surface area contributed by atoms with Crippen molar-refractivity contribution in [2.24, 2.45) is 5.41 Å². The predicted molar refractivity (Wildman–Crippen MR) is 157 cm³/mol. The number of thioether (sulfide) groups is 1. The minimum atomic E-state index is -3.17. The molecule has 3 rings (SSSR count). The van der Waals surface area contributed by atoms with Crippen molar-refractivity contribution in [1.29, 1.82) is 0 Å². The smallest absolute Gasteiger partial charge is 0.315 e. The van der Waals surface area contributed by atoms with E-state index in [-0.39, 0.29) is 28.7 Å². The molecule has 2 aromatic rings. The lowest BCUT2D eigenvalue weighted by molar-refractivity contribution is -0.139. The summed E-state index contributed by atoms with van der Waals surface area (Å²) in [7, 11) is -1.58. The molecule has 1 aliphatic rings. The summed E-state index contributed by atoms with van der Waals surface area (Å²) in [6.45, 7) is 7.01. The third-order valence-corrected chi connectivity index (χ3v) is 10.0. The van der Waals surface area contributed by atoms with Gasteiger partial charge in [-0.2, -0.15) is 10.6 Å². The van der Waals surface area contributed by atoms with Crippen molar-refractivity contribution in [3.63, 3.8) is 0 Å². The molecule has 1 heterocycles. The molecule has 0 atom stereocenters. The molecule has 0 fully saturated rings. The fourth-order valence-corrected chi connectivity index (χ4v) is 8.19. The first-order valence-electron chi connectivity index (χ1n) is 13.4. The minimum Gasteiger partial charge on any atom is -0.496 e. The molecule has 2 N–H and O–H groups in total. The fourth-order valence-electron chi connectivity index (χ4n) is 5.17. The molecule has 6 nitrogen and oxygen atoms in total. The van der Waals surface area contributed by atoms with Gasteiger partial charge in [-0.25, -0.2) is 4.39 Å². The number of hydrogen-bond acceptors (Lipinski definition) is 7. The van der Waals surface area contributed by atoms with Crippen LogP contribution in [-0.4, -0.2) is 46.8 Å². The number of benzene rings is 2. The van der Waals surface area contributed by atoms with Crippen molar-refractivity contribution in [3.05, 3.63) is 47.8 Å². The average molecular weight is 568 g/mol. The average Bonchev–Trinajstić information content (AvgIpc) is 2.98. The standard InChI is InChI=1S/C29H42FNO5S2/c1-5-8-14-29(15-9-6-2)20-31(24-12-10-23(30)11-13-24)25-17-26(35-4)22(16-27(25)38(33,34)21-29)18-37-19-28(32)36-7-3/h10-13,16-17,33-34H,5-9,14-15,18-21H2,1-4H3. The Morgan fingerprint density at radius 3 is 2.34 bits per heavy atom. The first-order valence-corrected chi connectivity index (χ1v) is 16.3. The second-order valence-electron chi connectivity index (χ2n) is 10.0. The minimum absolute atomic E-state index is 0.198. The number of fused-ring (bicyclic) bond motifs is 1. The van der Waals surface area contributed by atoms with Gasteiger partial charge in [0.1, 0.15) is 11.6 Å². The summed E-state index contributed by atoms with van der Waals surface area (Å²) in [5.74, 6) is 0.947. The van der Waals surface area contributed by atoms with Crippen LogP contribution in [0, 0.1) is 11.2 Å². The van der Waals surface area contributed by atoms with Crippen LogP contribution >= 0.6 is 22.4 Å². The molecule has 0 unspecified atom stereocenters. The summed E-state index contributed by atoms with van der Waals surface area (Å²) in [6.07, 6.45) is 5.78. The number of esters is 1. The number of hydrogen-bond donors (Lipinski definition) is 2. The van der Waals surface area contributed by atoms with Crippen LogP contribution < -0.4 is 9.64 Å². The fraction of sp³-hybridized carbons (Fsp3) is 0.552. The molecule has 0 amide bonds. The van der Waals surface area contributed by atoms with E-state index in [1.165, 1.54) is 23.9 Å². The lowest BCUT2D eigenvalue weighted by atomic mass is 9.79. The van der Waals surface area contributed by atoms with Gasteiger partial charge in [-0.05, 0) is 50.1 Å². The van der Waals surface area contributed by atoms with Crippen molar-refractivity contribution in [2.75, 3.05) is 36.7 Å². The maximum atomic E-state index is 13.9. The van der Waals surface area contributed by atoms with E-state index in [4.69, 9.17) is 9.47 Å². The zero-order valence-corrected chi connectivity index (χ0v) is 24.6. The van der Waals surface area contributed by atoms with E-state index in [1.807, 2.05) is 12.1 Å². The van der Waals surface area contributed by atoms with Gasteiger partial charge in [-0.1, -0.05) is 39.5 Å². The third-order valence-electron chi connectivity index (χ3n) is 7.05. The first kappa shape index (κ1) is 30.6. The molecule has 9 heteroatoms. The van der Waals surface area contributed by atoms with Crippen LogP contribution in [0.2, 0.25) is 0 Å².